The number of hydrogen-bond donors (Lipinski definition) is 1. The number of ether oxygens (including phenoxy) is 3. The zero-order chi connectivity index (χ0) is 26.0. The summed E-state index contributed by atoms with van der Waals surface area (Å²) < 4.78 is 56.9. The average Bonchev–Trinajstić information content (AvgIpc) is 3.20. The van der Waals surface area contributed by atoms with Gasteiger partial charge in [-0.2, -0.15) is 13.2 Å². The highest BCUT2D eigenvalue weighted by molar-refractivity contribution is 5.67. The molecule has 9 nitrogen and oxygen atoms in total. The molecule has 196 valence electrons. The van der Waals surface area contributed by atoms with Crippen LogP contribution in [-0.2, 0) is 20.4 Å². The van der Waals surface area contributed by atoms with Gasteiger partial charge >= 0.3 is 18.0 Å². The summed E-state index contributed by atoms with van der Waals surface area (Å²) >= 11 is 0. The summed E-state index contributed by atoms with van der Waals surface area (Å²) in [6.45, 7) is 4.80. The second kappa shape index (κ2) is 13.3. The third-order valence-corrected chi connectivity index (χ3v) is 5.59. The molecule has 12 heteroatoms. The maximum atomic E-state index is 13.2. The number of amides is 1. The van der Waals surface area contributed by atoms with Crippen LogP contribution < -0.4 is 11.2 Å². The Hall–Kier alpha value is -2.78. The van der Waals surface area contributed by atoms with Crippen LogP contribution in [0.5, 0.6) is 0 Å². The standard InChI is InChI=1S/C23H32F3N3O6/c1-4-7-9-11-28(10-8-5-2)22(32)34-15-18-17(33-12-6-3)13-19(35-18)29-14-16(23(24,25)26)20(30)27-21(29)31/h3,14,17-19H,4-5,7-13,15H2,1-2H3,(H,27,30,31)/t17-,18+,19+/m0/s1. The molecule has 0 unspecified atom stereocenters. The molecule has 3 atom stereocenters. The van der Waals surface area contributed by atoms with E-state index in [1.54, 1.807) is 9.88 Å². The molecule has 1 N–H and O–H groups in total. The number of alkyl halides is 3. The number of H-pyrrole nitrogens is 1. The molecule has 1 aromatic heterocycles. The summed E-state index contributed by atoms with van der Waals surface area (Å²) in [4.78, 5) is 39.8. The lowest BCUT2D eigenvalue weighted by Crippen LogP contribution is -2.37. The van der Waals surface area contributed by atoms with Crippen LogP contribution in [0.15, 0.2) is 15.8 Å². The molecular weight excluding hydrogens is 471 g/mol. The van der Waals surface area contributed by atoms with Crippen LogP contribution >= 0.6 is 0 Å². The van der Waals surface area contributed by atoms with Gasteiger partial charge in [-0.15, -0.1) is 6.42 Å². The number of aromatic amines is 1. The molecule has 0 spiro atoms. The lowest BCUT2D eigenvalue weighted by atomic mass is 10.2. The zero-order valence-electron chi connectivity index (χ0n) is 19.9. The first-order chi connectivity index (χ1) is 16.6. The molecule has 1 fully saturated rings. The van der Waals surface area contributed by atoms with E-state index in [2.05, 4.69) is 12.8 Å². The number of carbonyl (C=O) groups is 1. The molecule has 2 rings (SSSR count). The van der Waals surface area contributed by atoms with E-state index in [1.807, 2.05) is 6.92 Å². The highest BCUT2D eigenvalue weighted by atomic mass is 19.4. The molecule has 1 aliphatic rings. The van der Waals surface area contributed by atoms with Gasteiger partial charge in [0.2, 0.25) is 0 Å². The number of hydrogen-bond acceptors (Lipinski definition) is 6. The molecule has 0 aliphatic carbocycles. The van der Waals surface area contributed by atoms with Crippen molar-refractivity contribution in [2.75, 3.05) is 26.3 Å². The van der Waals surface area contributed by atoms with E-state index in [0.29, 0.717) is 23.9 Å². The van der Waals surface area contributed by atoms with Crippen LogP contribution in [0, 0.1) is 12.3 Å². The van der Waals surface area contributed by atoms with Gasteiger partial charge in [-0.25, -0.2) is 9.59 Å². The average molecular weight is 504 g/mol. The SMILES string of the molecule is C#CCO[C@H]1C[C@H](n2cc(C(F)(F)F)c(=O)[nH]c2=O)O[C@@H]1COC(=O)N(CCCC)CCCCC. The Balaban J connectivity index is 2.15. The van der Waals surface area contributed by atoms with E-state index in [4.69, 9.17) is 20.6 Å². The van der Waals surface area contributed by atoms with Crippen molar-refractivity contribution in [1.29, 1.82) is 0 Å². The Bertz CT molecular complexity index is 984. The van der Waals surface area contributed by atoms with Crippen molar-refractivity contribution in [2.45, 2.75) is 77.0 Å². The molecule has 1 saturated heterocycles. The minimum atomic E-state index is -4.96. The van der Waals surface area contributed by atoms with E-state index in [-0.39, 0.29) is 19.6 Å². The van der Waals surface area contributed by atoms with Gasteiger partial charge in [-0.05, 0) is 12.8 Å². The van der Waals surface area contributed by atoms with E-state index in [1.165, 1.54) is 0 Å². The Morgan fingerprint density at radius 3 is 2.57 bits per heavy atom. The van der Waals surface area contributed by atoms with Gasteiger partial charge in [0.05, 0.1) is 6.10 Å². The van der Waals surface area contributed by atoms with Crippen LogP contribution in [0.25, 0.3) is 0 Å². The molecule has 0 saturated carbocycles. The molecule has 1 amide bonds. The zero-order valence-corrected chi connectivity index (χ0v) is 19.9. The molecule has 0 bridgehead atoms. The van der Waals surface area contributed by atoms with Crippen molar-refractivity contribution in [3.8, 4) is 12.3 Å². The van der Waals surface area contributed by atoms with Crippen molar-refractivity contribution < 1.29 is 32.2 Å². The fourth-order valence-electron chi connectivity index (χ4n) is 3.69. The van der Waals surface area contributed by atoms with Gasteiger partial charge in [0, 0.05) is 25.7 Å². The molecule has 0 aromatic carbocycles. The molecule has 2 heterocycles. The Kier molecular flexibility index (Phi) is 10.9. The Morgan fingerprint density at radius 2 is 1.94 bits per heavy atom. The number of nitrogens with one attached hydrogen (secondary N) is 1. The van der Waals surface area contributed by atoms with Crippen molar-refractivity contribution in [1.82, 2.24) is 14.5 Å². The Labute approximate surface area is 201 Å². The molecule has 1 aromatic rings. The second-order valence-corrected chi connectivity index (χ2v) is 8.25. The molecule has 0 radical (unpaired) electrons. The predicted molar refractivity (Wildman–Crippen MR) is 121 cm³/mol. The van der Waals surface area contributed by atoms with Crippen LogP contribution in [0.1, 0.15) is 64.2 Å². The molecule has 35 heavy (non-hydrogen) atoms. The smallest absolute Gasteiger partial charge is 0.423 e. The number of terminal acetylenes is 1. The van der Waals surface area contributed by atoms with Crippen molar-refractivity contribution in [3.05, 3.63) is 32.6 Å². The van der Waals surface area contributed by atoms with Gasteiger partial charge in [-0.1, -0.05) is 39.0 Å². The lowest BCUT2D eigenvalue weighted by molar-refractivity contribution is -0.139. The fraction of sp³-hybridized carbons (Fsp3) is 0.696. The van der Waals surface area contributed by atoms with Crippen LogP contribution in [0.4, 0.5) is 18.0 Å². The maximum absolute atomic E-state index is 13.2. The van der Waals surface area contributed by atoms with Crippen molar-refractivity contribution in [2.24, 2.45) is 0 Å². The highest BCUT2D eigenvalue weighted by Crippen LogP contribution is 2.32. The number of nitrogens with zero attached hydrogens (tertiary/aromatic N) is 2. The summed E-state index contributed by atoms with van der Waals surface area (Å²) in [6.07, 6.45) is 1.84. The quantitative estimate of drug-likeness (QED) is 0.347. The maximum Gasteiger partial charge on any atom is 0.423 e. The van der Waals surface area contributed by atoms with E-state index in [9.17, 15) is 27.6 Å². The molecule has 1 aliphatic heterocycles. The first-order valence-electron chi connectivity index (χ1n) is 11.7. The third-order valence-electron chi connectivity index (χ3n) is 5.59. The lowest BCUT2D eigenvalue weighted by Gasteiger charge is -2.24. The number of carbonyl (C=O) groups excluding carboxylic acids is 1. The van der Waals surface area contributed by atoms with Gasteiger partial charge in [0.15, 0.2) is 0 Å². The fourth-order valence-corrected chi connectivity index (χ4v) is 3.69. The summed E-state index contributed by atoms with van der Waals surface area (Å²) in [5.41, 5.74) is -4.14. The highest BCUT2D eigenvalue weighted by Gasteiger charge is 2.40. The molecular formula is C23H32F3N3O6. The van der Waals surface area contributed by atoms with Crippen molar-refractivity contribution in [3.63, 3.8) is 0 Å². The van der Waals surface area contributed by atoms with E-state index < -0.39 is 47.5 Å². The van der Waals surface area contributed by atoms with E-state index >= 15 is 0 Å². The minimum Gasteiger partial charge on any atom is -0.447 e. The summed E-state index contributed by atoms with van der Waals surface area (Å²) in [5.74, 6) is 2.29. The topological polar surface area (TPSA) is 103 Å². The number of unbranched alkanes of at least 4 members (excludes halogenated alkanes) is 3. The normalized spacial score (nSPS) is 19.9. The van der Waals surface area contributed by atoms with Crippen LogP contribution in [0.2, 0.25) is 0 Å². The van der Waals surface area contributed by atoms with Crippen LogP contribution in [-0.4, -0.2) is 59.1 Å². The van der Waals surface area contributed by atoms with Gasteiger partial charge in [-0.3, -0.25) is 14.3 Å². The Morgan fingerprint density at radius 1 is 1.26 bits per heavy atom. The number of rotatable bonds is 12. The van der Waals surface area contributed by atoms with Gasteiger partial charge in [0.1, 0.15) is 31.1 Å². The first-order valence-corrected chi connectivity index (χ1v) is 11.7. The summed E-state index contributed by atoms with van der Waals surface area (Å²) in [6, 6.07) is 0. The number of halogens is 3. The largest absolute Gasteiger partial charge is 0.447 e. The number of aromatic nitrogens is 2. The first kappa shape index (κ1) is 28.5. The van der Waals surface area contributed by atoms with Gasteiger partial charge < -0.3 is 19.1 Å². The van der Waals surface area contributed by atoms with Crippen molar-refractivity contribution >= 4 is 6.09 Å². The second-order valence-electron chi connectivity index (χ2n) is 8.25. The van der Waals surface area contributed by atoms with E-state index in [0.717, 1.165) is 32.1 Å². The van der Waals surface area contributed by atoms with Gasteiger partial charge in [0.25, 0.3) is 5.56 Å². The minimum absolute atomic E-state index is 0.0385. The third kappa shape index (κ3) is 8.14. The van der Waals surface area contributed by atoms with Crippen LogP contribution in [0.3, 0.4) is 0 Å². The monoisotopic (exact) mass is 503 g/mol. The summed E-state index contributed by atoms with van der Waals surface area (Å²) in [7, 11) is 0. The predicted octanol–water partition coefficient (Wildman–Crippen LogP) is 3.29. The summed E-state index contributed by atoms with van der Waals surface area (Å²) in [5, 5.41) is 0.